The molecule has 7 nitrogen and oxygen atoms in total. The summed E-state index contributed by atoms with van der Waals surface area (Å²) in [6.45, 7) is 14.3. The molecule has 1 aromatic carbocycles. The zero-order valence-corrected chi connectivity index (χ0v) is 19.6. The van der Waals surface area contributed by atoms with Crippen molar-refractivity contribution in [2.75, 3.05) is 31.6 Å². The normalized spacial score (nSPS) is 15.7. The van der Waals surface area contributed by atoms with Gasteiger partial charge in [0.05, 0.1) is 0 Å². The number of nitrogens with one attached hydrogen (secondary N) is 3. The third-order valence-electron chi connectivity index (χ3n) is 6.11. The topological polar surface area (TPSA) is 82.7 Å². The molecule has 0 unspecified atom stereocenters. The van der Waals surface area contributed by atoms with Crippen LogP contribution in [0.3, 0.4) is 0 Å². The average Bonchev–Trinajstić information content (AvgIpc) is 2.70. The Morgan fingerprint density at radius 2 is 1.69 bits per heavy atom. The maximum absolute atomic E-state index is 12.0. The first-order valence-electron chi connectivity index (χ1n) is 10.3. The minimum absolute atomic E-state index is 0.248. The quantitative estimate of drug-likeness (QED) is 0.503. The first-order valence-corrected chi connectivity index (χ1v) is 13.2. The van der Waals surface area contributed by atoms with E-state index in [4.69, 9.17) is 4.43 Å². The van der Waals surface area contributed by atoms with Gasteiger partial charge in [-0.3, -0.25) is 10.2 Å². The van der Waals surface area contributed by atoms with E-state index in [9.17, 15) is 9.59 Å². The molecule has 2 rings (SSSR count). The van der Waals surface area contributed by atoms with Gasteiger partial charge in [0, 0.05) is 38.0 Å². The SMILES string of the molecule is CNC(=O)NNC(=O)c1ccc(N2CCC(CO[Si](C)(C)C(C)(C)C)CC2)cc1. The summed E-state index contributed by atoms with van der Waals surface area (Å²) in [6.07, 6.45) is 2.24. The molecule has 0 spiro atoms. The second kappa shape index (κ2) is 9.62. The standard InChI is InChI=1S/C21H36N4O3Si/c1-21(2,3)29(5,6)28-15-16-11-13-25(14-12-16)18-9-7-17(8-10-18)19(26)23-24-20(27)22-4/h7-10,16H,11-15H2,1-6H3,(H,23,26)(H2,22,24,27). The van der Waals surface area contributed by atoms with Crippen LogP contribution in [0.2, 0.25) is 18.1 Å². The molecule has 1 heterocycles. The number of rotatable bonds is 5. The van der Waals surface area contributed by atoms with Crippen molar-refractivity contribution >= 4 is 25.9 Å². The van der Waals surface area contributed by atoms with Crippen LogP contribution in [0.1, 0.15) is 44.0 Å². The van der Waals surface area contributed by atoms with Crippen molar-refractivity contribution in [1.82, 2.24) is 16.2 Å². The predicted molar refractivity (Wildman–Crippen MR) is 120 cm³/mol. The lowest BCUT2D eigenvalue weighted by molar-refractivity contribution is 0.0936. The third-order valence-corrected chi connectivity index (χ3v) is 10.6. The van der Waals surface area contributed by atoms with Crippen LogP contribution in [0.5, 0.6) is 0 Å². The lowest BCUT2D eigenvalue weighted by Gasteiger charge is -2.39. The van der Waals surface area contributed by atoms with Crippen molar-refractivity contribution in [2.24, 2.45) is 5.92 Å². The average molecular weight is 421 g/mol. The number of hydrogen-bond donors (Lipinski definition) is 3. The molecular weight excluding hydrogens is 384 g/mol. The molecule has 0 atom stereocenters. The number of hydrazine groups is 1. The molecule has 3 N–H and O–H groups in total. The predicted octanol–water partition coefficient (Wildman–Crippen LogP) is 3.50. The Hall–Kier alpha value is -2.06. The van der Waals surface area contributed by atoms with Gasteiger partial charge >= 0.3 is 6.03 Å². The first-order chi connectivity index (χ1) is 13.5. The highest BCUT2D eigenvalue weighted by atomic mass is 28.4. The molecule has 162 valence electrons. The van der Waals surface area contributed by atoms with Crippen molar-refractivity contribution < 1.29 is 14.0 Å². The molecule has 3 amide bonds. The summed E-state index contributed by atoms with van der Waals surface area (Å²) in [7, 11) is -0.200. The van der Waals surface area contributed by atoms with E-state index in [1.54, 1.807) is 12.1 Å². The van der Waals surface area contributed by atoms with E-state index >= 15 is 0 Å². The minimum Gasteiger partial charge on any atom is -0.417 e. The number of carbonyl (C=O) groups is 2. The van der Waals surface area contributed by atoms with Gasteiger partial charge in [0.2, 0.25) is 0 Å². The number of urea groups is 1. The van der Waals surface area contributed by atoms with Crippen LogP contribution >= 0.6 is 0 Å². The van der Waals surface area contributed by atoms with E-state index in [-0.39, 0.29) is 10.9 Å². The number of amides is 3. The Morgan fingerprint density at radius 3 is 2.21 bits per heavy atom. The zero-order chi connectivity index (χ0) is 21.7. The van der Waals surface area contributed by atoms with Crippen LogP contribution in [-0.2, 0) is 4.43 Å². The number of hydrogen-bond acceptors (Lipinski definition) is 4. The summed E-state index contributed by atoms with van der Waals surface area (Å²) in [5, 5.41) is 2.62. The summed E-state index contributed by atoms with van der Waals surface area (Å²) in [4.78, 5) is 25.5. The smallest absolute Gasteiger partial charge is 0.333 e. The van der Waals surface area contributed by atoms with Gasteiger partial charge in [-0.05, 0) is 61.2 Å². The number of piperidine rings is 1. The second-order valence-corrected chi connectivity index (χ2v) is 14.0. The van der Waals surface area contributed by atoms with E-state index in [0.717, 1.165) is 38.2 Å². The Morgan fingerprint density at radius 1 is 1.10 bits per heavy atom. The maximum Gasteiger partial charge on any atom is 0.333 e. The van der Waals surface area contributed by atoms with Crippen molar-refractivity contribution in [1.29, 1.82) is 0 Å². The zero-order valence-electron chi connectivity index (χ0n) is 18.6. The Labute approximate surface area is 175 Å². The molecule has 8 heteroatoms. The van der Waals surface area contributed by atoms with Crippen LogP contribution in [0.15, 0.2) is 24.3 Å². The van der Waals surface area contributed by atoms with Gasteiger partial charge in [-0.2, -0.15) is 0 Å². The van der Waals surface area contributed by atoms with Gasteiger partial charge in [-0.15, -0.1) is 0 Å². The maximum atomic E-state index is 12.0. The van der Waals surface area contributed by atoms with E-state index in [1.165, 1.54) is 7.05 Å². The summed E-state index contributed by atoms with van der Waals surface area (Å²) < 4.78 is 6.41. The number of carbonyl (C=O) groups excluding carboxylic acids is 2. The van der Waals surface area contributed by atoms with Crippen molar-refractivity contribution in [3.8, 4) is 0 Å². The van der Waals surface area contributed by atoms with Gasteiger partial charge in [0.1, 0.15) is 0 Å². The molecular formula is C21H36N4O3Si. The van der Waals surface area contributed by atoms with E-state index in [1.807, 2.05) is 12.1 Å². The highest BCUT2D eigenvalue weighted by Crippen LogP contribution is 2.37. The van der Waals surface area contributed by atoms with Crippen LogP contribution in [-0.4, -0.2) is 47.0 Å². The molecule has 1 saturated heterocycles. The summed E-state index contributed by atoms with van der Waals surface area (Å²) >= 11 is 0. The Balaban J connectivity index is 1.82. The third kappa shape index (κ3) is 6.47. The highest BCUT2D eigenvalue weighted by molar-refractivity contribution is 6.74. The summed E-state index contributed by atoms with van der Waals surface area (Å²) in [5.74, 6) is 0.267. The second-order valence-electron chi connectivity index (χ2n) is 9.21. The lowest BCUT2D eigenvalue weighted by Crippen LogP contribution is -2.45. The molecule has 0 bridgehead atoms. The highest BCUT2D eigenvalue weighted by Gasteiger charge is 2.37. The van der Waals surface area contributed by atoms with Gasteiger partial charge in [0.15, 0.2) is 8.32 Å². The molecule has 0 radical (unpaired) electrons. The molecule has 1 aliphatic heterocycles. The van der Waals surface area contributed by atoms with Crippen LogP contribution < -0.4 is 21.1 Å². The van der Waals surface area contributed by atoms with Gasteiger partial charge in [0.25, 0.3) is 5.91 Å². The van der Waals surface area contributed by atoms with Gasteiger partial charge in [-0.25, -0.2) is 10.2 Å². The molecule has 0 aliphatic carbocycles. The van der Waals surface area contributed by atoms with Crippen LogP contribution in [0.25, 0.3) is 0 Å². The molecule has 29 heavy (non-hydrogen) atoms. The fourth-order valence-electron chi connectivity index (χ4n) is 2.97. The lowest BCUT2D eigenvalue weighted by atomic mass is 9.97. The number of nitrogens with zero attached hydrogens (tertiary/aromatic N) is 1. The van der Waals surface area contributed by atoms with E-state index in [2.05, 4.69) is 54.9 Å². The molecule has 1 fully saturated rings. The Kier molecular flexibility index (Phi) is 7.71. The Bertz CT molecular complexity index is 693. The summed E-state index contributed by atoms with van der Waals surface area (Å²) in [5.41, 5.74) is 6.26. The number of benzene rings is 1. The van der Waals surface area contributed by atoms with Crippen LogP contribution in [0, 0.1) is 5.92 Å². The molecule has 1 aromatic rings. The fourth-order valence-corrected chi connectivity index (χ4v) is 4.06. The van der Waals surface area contributed by atoms with Crippen molar-refractivity contribution in [3.63, 3.8) is 0 Å². The van der Waals surface area contributed by atoms with E-state index < -0.39 is 14.3 Å². The van der Waals surface area contributed by atoms with Crippen molar-refractivity contribution in [3.05, 3.63) is 29.8 Å². The largest absolute Gasteiger partial charge is 0.417 e. The fraction of sp³-hybridized carbons (Fsp3) is 0.619. The number of anilines is 1. The monoisotopic (exact) mass is 420 g/mol. The minimum atomic E-state index is -1.69. The summed E-state index contributed by atoms with van der Waals surface area (Å²) in [6, 6.07) is 7.02. The van der Waals surface area contributed by atoms with Gasteiger partial charge in [-0.1, -0.05) is 20.8 Å². The molecule has 1 aliphatic rings. The van der Waals surface area contributed by atoms with Crippen molar-refractivity contribution in [2.45, 2.75) is 51.7 Å². The van der Waals surface area contributed by atoms with Crippen LogP contribution in [0.4, 0.5) is 10.5 Å². The first kappa shape index (κ1) is 23.2. The molecule has 0 aromatic heterocycles. The van der Waals surface area contributed by atoms with Gasteiger partial charge < -0.3 is 14.6 Å². The molecule has 0 saturated carbocycles. The van der Waals surface area contributed by atoms with E-state index in [0.29, 0.717) is 11.5 Å².